The van der Waals surface area contributed by atoms with Gasteiger partial charge in [0.1, 0.15) is 17.3 Å². The second-order valence-electron chi connectivity index (χ2n) is 13.4. The summed E-state index contributed by atoms with van der Waals surface area (Å²) in [5, 5.41) is 9.31. The molecule has 0 unspecified atom stereocenters. The number of ether oxygens (including phenoxy) is 2. The van der Waals surface area contributed by atoms with E-state index in [2.05, 4.69) is 20.9 Å². The van der Waals surface area contributed by atoms with Crippen LogP contribution in [-0.2, 0) is 20.7 Å². The Morgan fingerprint density at radius 1 is 0.935 bits per heavy atom. The Bertz CT molecular complexity index is 1250. The van der Waals surface area contributed by atoms with Gasteiger partial charge < -0.3 is 30.3 Å². The van der Waals surface area contributed by atoms with Gasteiger partial charge in [-0.1, -0.05) is 50.1 Å². The maximum Gasteiger partial charge on any atom is 0.252 e. The molecule has 2 aromatic carbocycles. The number of hydrogen-bond donors (Lipinski definition) is 3. The molecule has 3 amide bonds. The maximum atomic E-state index is 14.0. The van der Waals surface area contributed by atoms with Crippen LogP contribution >= 0.6 is 0 Å². The van der Waals surface area contributed by atoms with E-state index in [9.17, 15) is 14.4 Å². The lowest BCUT2D eigenvalue weighted by atomic mass is 9.93. The molecule has 3 N–H and O–H groups in total. The van der Waals surface area contributed by atoms with Gasteiger partial charge in [-0.15, -0.1) is 0 Å². The number of benzene rings is 2. The first-order chi connectivity index (χ1) is 22.4. The van der Waals surface area contributed by atoms with Gasteiger partial charge in [0.05, 0.1) is 6.61 Å². The van der Waals surface area contributed by atoms with Crippen molar-refractivity contribution in [1.29, 1.82) is 0 Å². The normalized spacial score (nSPS) is 19.7. The molecule has 5 rings (SSSR count). The van der Waals surface area contributed by atoms with Crippen LogP contribution in [0.4, 0.5) is 0 Å². The topological polar surface area (TPSA) is 109 Å². The molecule has 0 aromatic heterocycles. The molecule has 3 fully saturated rings. The van der Waals surface area contributed by atoms with E-state index in [1.165, 1.54) is 0 Å². The highest BCUT2D eigenvalue weighted by Crippen LogP contribution is 2.31. The standard InChI is InChI=1S/C37H52N4O5/c1-2-22-46-32-12-10-31(11-13-32)34(42)40-37(18-6-7-19-37)36(44)39-33(25-28-8-4-3-5-9-28)35(43)38-26-29-14-20-41(21-15-29)27-30-16-23-45-24-17-30/h3-5,8-13,29-30,33H,2,6-7,14-27H2,1H3,(H,38,43)(H,39,44)(H,40,42)/t33-/m1/s1. The fourth-order valence-electron chi connectivity index (χ4n) is 6.99. The molecule has 250 valence electrons. The summed E-state index contributed by atoms with van der Waals surface area (Å²) in [6.07, 6.45) is 8.43. The summed E-state index contributed by atoms with van der Waals surface area (Å²) in [6.45, 7) is 8.27. The number of nitrogens with one attached hydrogen (secondary N) is 3. The number of amides is 3. The van der Waals surface area contributed by atoms with Crippen LogP contribution in [-0.4, -0.2) is 80.2 Å². The third-order valence-corrected chi connectivity index (χ3v) is 9.87. The molecule has 1 saturated carbocycles. The lowest BCUT2D eigenvalue weighted by molar-refractivity contribution is -0.132. The van der Waals surface area contributed by atoms with Crippen molar-refractivity contribution in [3.8, 4) is 5.75 Å². The van der Waals surface area contributed by atoms with Crippen LogP contribution in [0.5, 0.6) is 5.75 Å². The molecule has 2 aromatic rings. The summed E-state index contributed by atoms with van der Waals surface area (Å²) < 4.78 is 11.2. The van der Waals surface area contributed by atoms with Crippen molar-refractivity contribution in [3.05, 3.63) is 65.7 Å². The van der Waals surface area contributed by atoms with Gasteiger partial charge in [0, 0.05) is 38.3 Å². The zero-order chi connectivity index (χ0) is 32.2. The number of carbonyl (C=O) groups is 3. The van der Waals surface area contributed by atoms with E-state index < -0.39 is 11.6 Å². The molecule has 9 nitrogen and oxygen atoms in total. The maximum absolute atomic E-state index is 14.0. The number of carbonyl (C=O) groups excluding carboxylic acids is 3. The van der Waals surface area contributed by atoms with Gasteiger partial charge in [-0.25, -0.2) is 0 Å². The molecule has 0 spiro atoms. The molecule has 46 heavy (non-hydrogen) atoms. The van der Waals surface area contributed by atoms with Gasteiger partial charge in [-0.05, 0) is 99.7 Å². The average Bonchev–Trinajstić information content (AvgIpc) is 3.57. The summed E-state index contributed by atoms with van der Waals surface area (Å²) >= 11 is 0. The minimum absolute atomic E-state index is 0.177. The summed E-state index contributed by atoms with van der Waals surface area (Å²) in [5.41, 5.74) is 0.389. The lowest BCUT2D eigenvalue weighted by Gasteiger charge is -2.35. The Morgan fingerprint density at radius 2 is 1.63 bits per heavy atom. The average molecular weight is 633 g/mol. The van der Waals surface area contributed by atoms with Crippen LogP contribution in [0.3, 0.4) is 0 Å². The fourth-order valence-corrected chi connectivity index (χ4v) is 6.99. The summed E-state index contributed by atoms with van der Waals surface area (Å²) in [6, 6.07) is 16.0. The zero-order valence-corrected chi connectivity index (χ0v) is 27.4. The number of likely N-dealkylation sites (tertiary alicyclic amines) is 1. The minimum atomic E-state index is -1.05. The van der Waals surface area contributed by atoms with Crippen molar-refractivity contribution in [2.24, 2.45) is 11.8 Å². The lowest BCUT2D eigenvalue weighted by Crippen LogP contribution is -2.61. The third kappa shape index (κ3) is 9.55. The monoisotopic (exact) mass is 632 g/mol. The molecule has 2 saturated heterocycles. The van der Waals surface area contributed by atoms with E-state index in [0.717, 1.165) is 89.3 Å². The van der Waals surface area contributed by atoms with Crippen LogP contribution in [0.1, 0.15) is 80.6 Å². The van der Waals surface area contributed by atoms with Gasteiger partial charge >= 0.3 is 0 Å². The second-order valence-corrected chi connectivity index (χ2v) is 13.4. The fraction of sp³-hybridized carbons (Fsp3) is 0.595. The van der Waals surface area contributed by atoms with Gasteiger partial charge in [-0.2, -0.15) is 0 Å². The molecule has 0 bridgehead atoms. The molecule has 0 radical (unpaired) electrons. The van der Waals surface area contributed by atoms with Crippen molar-refractivity contribution in [2.45, 2.75) is 82.7 Å². The molecule has 1 atom stereocenters. The van der Waals surface area contributed by atoms with Crippen LogP contribution in [0.15, 0.2) is 54.6 Å². The molecule has 2 heterocycles. The molecule has 2 aliphatic heterocycles. The van der Waals surface area contributed by atoms with Gasteiger partial charge in [0.2, 0.25) is 11.8 Å². The third-order valence-electron chi connectivity index (χ3n) is 9.87. The van der Waals surface area contributed by atoms with Crippen LogP contribution < -0.4 is 20.7 Å². The van der Waals surface area contributed by atoms with E-state index in [1.54, 1.807) is 24.3 Å². The first-order valence-electron chi connectivity index (χ1n) is 17.4. The predicted molar refractivity (Wildman–Crippen MR) is 179 cm³/mol. The van der Waals surface area contributed by atoms with Crippen LogP contribution in [0, 0.1) is 11.8 Å². The first kappa shape index (κ1) is 33.9. The number of nitrogens with zero attached hydrogens (tertiary/aromatic N) is 1. The van der Waals surface area contributed by atoms with Crippen molar-refractivity contribution < 1.29 is 23.9 Å². The van der Waals surface area contributed by atoms with Crippen molar-refractivity contribution in [1.82, 2.24) is 20.9 Å². The quantitative estimate of drug-likeness (QED) is 0.283. The zero-order valence-electron chi connectivity index (χ0n) is 27.4. The molecule has 1 aliphatic carbocycles. The predicted octanol–water partition coefficient (Wildman–Crippen LogP) is 4.50. The van der Waals surface area contributed by atoms with E-state index in [-0.39, 0.29) is 17.7 Å². The Morgan fingerprint density at radius 3 is 2.30 bits per heavy atom. The van der Waals surface area contributed by atoms with E-state index >= 15 is 0 Å². The van der Waals surface area contributed by atoms with E-state index in [4.69, 9.17) is 9.47 Å². The number of piperidine rings is 1. The molecule has 9 heteroatoms. The highest BCUT2D eigenvalue weighted by atomic mass is 16.5. The second kappa shape index (κ2) is 16.9. The summed E-state index contributed by atoms with van der Waals surface area (Å²) in [4.78, 5) is 43.6. The van der Waals surface area contributed by atoms with Crippen molar-refractivity contribution in [3.63, 3.8) is 0 Å². The Kier molecular flexibility index (Phi) is 12.5. The minimum Gasteiger partial charge on any atom is -0.494 e. The number of rotatable bonds is 14. The highest BCUT2D eigenvalue weighted by molar-refractivity contribution is 6.00. The van der Waals surface area contributed by atoms with Crippen LogP contribution in [0.25, 0.3) is 0 Å². The van der Waals surface area contributed by atoms with Gasteiger partial charge in [0.15, 0.2) is 0 Å². The Hall–Kier alpha value is -3.43. The molecular formula is C37H52N4O5. The smallest absolute Gasteiger partial charge is 0.252 e. The number of hydrogen-bond acceptors (Lipinski definition) is 6. The first-order valence-corrected chi connectivity index (χ1v) is 17.4. The van der Waals surface area contributed by atoms with Crippen molar-refractivity contribution in [2.75, 3.05) is 46.0 Å². The largest absolute Gasteiger partial charge is 0.494 e. The SMILES string of the molecule is CCCOc1ccc(C(=O)NC2(C(=O)N[C@H](Cc3ccccc3)C(=O)NCC3CCN(CC4CCOCC4)CC3)CCCC2)cc1. The molecular weight excluding hydrogens is 580 g/mol. The van der Waals surface area contributed by atoms with E-state index in [1.807, 2.05) is 37.3 Å². The summed E-state index contributed by atoms with van der Waals surface area (Å²) in [7, 11) is 0. The Balaban J connectivity index is 1.18. The summed E-state index contributed by atoms with van der Waals surface area (Å²) in [5.74, 6) is 1.09. The van der Waals surface area contributed by atoms with E-state index in [0.29, 0.717) is 49.6 Å². The van der Waals surface area contributed by atoms with Gasteiger partial charge in [0.25, 0.3) is 5.91 Å². The van der Waals surface area contributed by atoms with Gasteiger partial charge in [-0.3, -0.25) is 14.4 Å². The molecule has 3 aliphatic rings. The Labute approximate surface area is 274 Å². The van der Waals surface area contributed by atoms with Crippen molar-refractivity contribution >= 4 is 17.7 Å². The highest BCUT2D eigenvalue weighted by Gasteiger charge is 2.44. The van der Waals surface area contributed by atoms with Crippen LogP contribution in [0.2, 0.25) is 0 Å².